The van der Waals surface area contributed by atoms with Gasteiger partial charge in [0, 0.05) is 6.42 Å². The Labute approximate surface area is 62.2 Å². The van der Waals surface area contributed by atoms with Crippen LogP contribution >= 0.6 is 0 Å². The Kier molecular flexibility index (Phi) is 3.49. The second-order valence-corrected chi connectivity index (χ2v) is 2.09. The van der Waals surface area contributed by atoms with Crippen molar-refractivity contribution in [3.63, 3.8) is 0 Å². The van der Waals surface area contributed by atoms with Crippen molar-refractivity contribution in [2.45, 2.75) is 18.6 Å². The Balaban J connectivity index is 3.84. The molecule has 0 spiro atoms. The zero-order valence-corrected chi connectivity index (χ0v) is 5.65. The number of carboxylic acids is 2. The molecule has 0 aromatic heterocycles. The van der Waals surface area contributed by atoms with Gasteiger partial charge < -0.3 is 30.6 Å². The maximum atomic E-state index is 9.96. The maximum Gasteiger partial charge on any atom is 0.127 e. The first-order valence-corrected chi connectivity index (χ1v) is 2.88. The molecule has 64 valence electrons. The van der Waals surface area contributed by atoms with Crippen molar-refractivity contribution in [3.8, 4) is 0 Å². The number of carbonyl (C=O) groups excluding carboxylic acids is 2. The largest absolute Gasteiger partial charge is 0.547 e. The molecule has 0 heterocycles. The monoisotopic (exact) mass is 162 g/mol. The van der Waals surface area contributed by atoms with E-state index in [2.05, 4.69) is 5.73 Å². The van der Waals surface area contributed by atoms with E-state index in [4.69, 9.17) is 5.11 Å². The van der Waals surface area contributed by atoms with Crippen LogP contribution < -0.4 is 15.9 Å². The molecule has 0 bridgehead atoms. The number of quaternary nitrogens is 1. The van der Waals surface area contributed by atoms with Gasteiger partial charge >= 0.3 is 0 Å². The topological polar surface area (TPSA) is 128 Å². The quantitative estimate of drug-likeness (QED) is 0.427. The van der Waals surface area contributed by atoms with Gasteiger partial charge in [0.25, 0.3) is 0 Å². The van der Waals surface area contributed by atoms with Crippen molar-refractivity contribution >= 4 is 11.9 Å². The summed E-state index contributed by atoms with van der Waals surface area (Å²) in [6.45, 7) is 0. The minimum absolute atomic E-state index is 0.495. The molecule has 11 heavy (non-hydrogen) atoms. The molecule has 0 aliphatic carbocycles. The SMILES string of the molecule is [NH3+][C@@H](CC(O)C(=O)[O-])C(=O)[O-]. The van der Waals surface area contributed by atoms with Crippen LogP contribution in [0.25, 0.3) is 0 Å². The van der Waals surface area contributed by atoms with E-state index in [9.17, 15) is 19.8 Å². The highest BCUT2D eigenvalue weighted by atomic mass is 16.4. The van der Waals surface area contributed by atoms with E-state index in [-0.39, 0.29) is 0 Å². The third kappa shape index (κ3) is 3.54. The van der Waals surface area contributed by atoms with E-state index in [1.54, 1.807) is 0 Å². The Morgan fingerprint density at radius 1 is 1.36 bits per heavy atom. The lowest BCUT2D eigenvalue weighted by Crippen LogP contribution is -2.69. The fourth-order valence-electron chi connectivity index (χ4n) is 0.462. The third-order valence-corrected chi connectivity index (χ3v) is 1.11. The molecular formula is C5H8NO5-. The van der Waals surface area contributed by atoms with Gasteiger partial charge in [0.2, 0.25) is 0 Å². The van der Waals surface area contributed by atoms with Gasteiger partial charge in [-0.2, -0.15) is 0 Å². The van der Waals surface area contributed by atoms with Gasteiger partial charge in [-0.15, -0.1) is 0 Å². The number of aliphatic hydroxyl groups excluding tert-OH is 1. The fourth-order valence-corrected chi connectivity index (χ4v) is 0.462. The first-order chi connectivity index (χ1) is 4.95. The second kappa shape index (κ2) is 3.89. The Morgan fingerprint density at radius 3 is 2.09 bits per heavy atom. The van der Waals surface area contributed by atoms with Crippen molar-refractivity contribution < 1.29 is 30.6 Å². The summed E-state index contributed by atoms with van der Waals surface area (Å²) < 4.78 is 0. The first-order valence-electron chi connectivity index (χ1n) is 2.88. The normalized spacial score (nSPS) is 15.5. The molecule has 0 saturated heterocycles. The van der Waals surface area contributed by atoms with Crippen LogP contribution in [0.1, 0.15) is 6.42 Å². The lowest BCUT2D eigenvalue weighted by molar-refractivity contribution is -0.441. The molecule has 0 aliphatic rings. The average Bonchev–Trinajstić information content (AvgIpc) is 1.87. The molecule has 0 radical (unpaired) electrons. The summed E-state index contributed by atoms with van der Waals surface area (Å²) in [4.78, 5) is 19.8. The fraction of sp³-hybridized carbons (Fsp3) is 0.600. The molecule has 0 aromatic rings. The summed E-state index contributed by atoms with van der Waals surface area (Å²) in [5.41, 5.74) is 3.05. The number of rotatable bonds is 4. The van der Waals surface area contributed by atoms with Crippen molar-refractivity contribution in [3.05, 3.63) is 0 Å². The predicted molar refractivity (Wildman–Crippen MR) is 27.3 cm³/mol. The molecule has 0 amide bonds. The van der Waals surface area contributed by atoms with Crippen LogP contribution in [0.2, 0.25) is 0 Å². The summed E-state index contributed by atoms with van der Waals surface area (Å²) in [6, 6.07) is -1.23. The Hall–Kier alpha value is -1.14. The standard InChI is InChI=1S/C5H9NO5/c6-2(4(8)9)1-3(7)5(10)11/h2-3,7H,1,6H2,(H,8,9)(H,10,11)/p-1/t2-,3?/m0/s1. The highest BCUT2D eigenvalue weighted by Gasteiger charge is 2.14. The summed E-state index contributed by atoms with van der Waals surface area (Å²) >= 11 is 0. The number of hydrogen-bond acceptors (Lipinski definition) is 5. The van der Waals surface area contributed by atoms with E-state index in [1.807, 2.05) is 0 Å². The predicted octanol–water partition coefficient (Wildman–Crippen LogP) is -5.15. The minimum atomic E-state index is -1.80. The van der Waals surface area contributed by atoms with Crippen molar-refractivity contribution in [2.24, 2.45) is 0 Å². The summed E-state index contributed by atoms with van der Waals surface area (Å²) in [5, 5.41) is 28.4. The number of hydrogen-bond donors (Lipinski definition) is 2. The van der Waals surface area contributed by atoms with Gasteiger partial charge in [-0.3, -0.25) is 0 Å². The van der Waals surface area contributed by atoms with Crippen LogP contribution in [0, 0.1) is 0 Å². The smallest absolute Gasteiger partial charge is 0.127 e. The first kappa shape index (κ1) is 9.86. The number of carbonyl (C=O) groups is 2. The van der Waals surface area contributed by atoms with E-state index in [0.717, 1.165) is 0 Å². The lowest BCUT2D eigenvalue weighted by atomic mass is 10.1. The maximum absolute atomic E-state index is 9.96. The van der Waals surface area contributed by atoms with Crippen molar-refractivity contribution in [1.82, 2.24) is 0 Å². The van der Waals surface area contributed by atoms with Gasteiger partial charge in [0.1, 0.15) is 6.04 Å². The highest BCUT2D eigenvalue weighted by molar-refractivity contribution is 5.73. The molecule has 0 saturated carbocycles. The van der Waals surface area contributed by atoms with E-state index in [0.29, 0.717) is 0 Å². The Bertz CT molecular complexity index is 150. The van der Waals surface area contributed by atoms with Crippen LogP contribution in [0.5, 0.6) is 0 Å². The summed E-state index contributed by atoms with van der Waals surface area (Å²) in [7, 11) is 0. The molecule has 0 fully saturated rings. The van der Waals surface area contributed by atoms with Gasteiger partial charge in [-0.25, -0.2) is 0 Å². The van der Waals surface area contributed by atoms with Crippen LogP contribution in [0.15, 0.2) is 0 Å². The molecule has 0 rings (SSSR count). The summed E-state index contributed by atoms with van der Waals surface area (Å²) in [6.07, 6.45) is -2.29. The van der Waals surface area contributed by atoms with Crippen LogP contribution in [0.4, 0.5) is 0 Å². The van der Waals surface area contributed by atoms with E-state index >= 15 is 0 Å². The molecule has 4 N–H and O–H groups in total. The molecule has 6 heteroatoms. The van der Waals surface area contributed by atoms with Crippen LogP contribution in [-0.2, 0) is 9.59 Å². The lowest BCUT2D eigenvalue weighted by Gasteiger charge is -2.14. The highest BCUT2D eigenvalue weighted by Crippen LogP contribution is 1.91. The van der Waals surface area contributed by atoms with E-state index < -0.39 is 30.5 Å². The number of aliphatic hydroxyl groups is 1. The molecule has 0 aromatic carbocycles. The second-order valence-electron chi connectivity index (χ2n) is 2.09. The zero-order valence-electron chi connectivity index (χ0n) is 5.65. The zero-order chi connectivity index (χ0) is 9.02. The van der Waals surface area contributed by atoms with Crippen molar-refractivity contribution in [1.29, 1.82) is 0 Å². The number of aliphatic carboxylic acids is 2. The van der Waals surface area contributed by atoms with Gasteiger partial charge in [0.15, 0.2) is 0 Å². The van der Waals surface area contributed by atoms with Crippen molar-refractivity contribution in [2.75, 3.05) is 0 Å². The van der Waals surface area contributed by atoms with Crippen LogP contribution in [0.3, 0.4) is 0 Å². The molecule has 1 unspecified atom stereocenters. The summed E-state index contributed by atoms with van der Waals surface area (Å²) in [5.74, 6) is -3.20. The third-order valence-electron chi connectivity index (χ3n) is 1.11. The average molecular weight is 162 g/mol. The van der Waals surface area contributed by atoms with Gasteiger partial charge in [-0.1, -0.05) is 0 Å². The molecule has 0 aliphatic heterocycles. The van der Waals surface area contributed by atoms with Gasteiger partial charge in [-0.05, 0) is 0 Å². The van der Waals surface area contributed by atoms with E-state index in [1.165, 1.54) is 0 Å². The molecule has 6 nitrogen and oxygen atoms in total. The molecule has 2 atom stereocenters. The van der Waals surface area contributed by atoms with Crippen LogP contribution in [-0.4, -0.2) is 29.2 Å². The van der Waals surface area contributed by atoms with Gasteiger partial charge in [0.05, 0.1) is 18.0 Å². The minimum Gasteiger partial charge on any atom is -0.547 e. The Morgan fingerprint density at radius 2 is 1.82 bits per heavy atom. The molecular weight excluding hydrogens is 154 g/mol. The number of carboxylic acid groups (broad SMARTS) is 2.